The number of rotatable bonds is 17. The fourth-order valence-electron chi connectivity index (χ4n) is 3.10. The summed E-state index contributed by atoms with van der Waals surface area (Å²) in [6.45, 7) is 2.28. The molecule has 0 heterocycles. The summed E-state index contributed by atoms with van der Waals surface area (Å²) in [4.78, 5) is 0. The number of hydrogen-bond donors (Lipinski definition) is 2. The third-order valence-corrected chi connectivity index (χ3v) is 5.50. The zero-order chi connectivity index (χ0) is 23.5. The van der Waals surface area contributed by atoms with Crippen LogP contribution in [0.5, 0.6) is 0 Å². The van der Waals surface area contributed by atoms with E-state index >= 15 is 0 Å². The highest BCUT2D eigenvalue weighted by atomic mass is 32.3. The maximum absolute atomic E-state index is 10.2. The number of quaternary nitrogens is 1. The van der Waals surface area contributed by atoms with Gasteiger partial charge < -0.3 is 19.2 Å². The number of aliphatic hydroxyl groups excluding tert-OH is 2. The van der Waals surface area contributed by atoms with Crippen LogP contribution >= 0.6 is 0 Å². The summed E-state index contributed by atoms with van der Waals surface area (Å²) in [5.74, 6) is 0. The van der Waals surface area contributed by atoms with Crippen molar-refractivity contribution in [2.75, 3.05) is 34.9 Å². The number of aliphatic hydroxyl groups is 2. The van der Waals surface area contributed by atoms with Gasteiger partial charge in [-0.2, -0.15) is 0 Å². The molecule has 30 heavy (non-hydrogen) atoms. The normalized spacial score (nSPS) is 14.4. The molecule has 0 fully saturated rings. The minimum Gasteiger partial charge on any atom is -0.726 e. The van der Waals surface area contributed by atoms with Crippen molar-refractivity contribution in [2.45, 2.75) is 96.1 Å². The number of likely N-dealkylation sites (N-methyl/N-ethyl adjacent to an activating group) is 1. The summed E-state index contributed by atoms with van der Waals surface area (Å²) in [6, 6.07) is -0.154. The molecular formula is C22H47NO6S. The fourth-order valence-corrected chi connectivity index (χ4v) is 3.10. The van der Waals surface area contributed by atoms with E-state index < -0.39 is 16.5 Å². The van der Waals surface area contributed by atoms with Crippen molar-refractivity contribution in [3.63, 3.8) is 0 Å². The summed E-state index contributed by atoms with van der Waals surface area (Å²) in [5, 5.41) is 19.6. The van der Waals surface area contributed by atoms with E-state index in [4.69, 9.17) is 0 Å². The largest absolute Gasteiger partial charge is 0.726 e. The Balaban J connectivity index is 0. The van der Waals surface area contributed by atoms with Gasteiger partial charge in [0.15, 0.2) is 0 Å². The van der Waals surface area contributed by atoms with Gasteiger partial charge in [0.05, 0.1) is 34.9 Å². The Morgan fingerprint density at radius 1 is 0.933 bits per heavy atom. The SMILES string of the molecule is CCCCCCCCCCCCC/C=C/[C@@H](O)[C@H](CO)[N+](C)(C)C.COS(=O)(=O)[O-]. The van der Waals surface area contributed by atoms with Crippen molar-refractivity contribution in [2.24, 2.45) is 0 Å². The van der Waals surface area contributed by atoms with Gasteiger partial charge in [-0.25, -0.2) is 8.42 Å². The molecule has 0 amide bonds. The third-order valence-electron chi connectivity index (χ3n) is 5.09. The summed E-state index contributed by atoms with van der Waals surface area (Å²) in [7, 11) is 2.40. The van der Waals surface area contributed by atoms with Crippen LogP contribution in [0.1, 0.15) is 84.0 Å². The highest BCUT2D eigenvalue weighted by Crippen LogP contribution is 2.13. The van der Waals surface area contributed by atoms with Crippen LogP contribution in [0.4, 0.5) is 0 Å². The lowest BCUT2D eigenvalue weighted by Gasteiger charge is -2.34. The van der Waals surface area contributed by atoms with Gasteiger partial charge in [-0.3, -0.25) is 4.18 Å². The molecule has 0 bridgehead atoms. The molecule has 0 radical (unpaired) electrons. The molecule has 0 aliphatic heterocycles. The average Bonchev–Trinajstić information content (AvgIpc) is 2.65. The lowest BCUT2D eigenvalue weighted by molar-refractivity contribution is -0.899. The highest BCUT2D eigenvalue weighted by Gasteiger charge is 2.28. The van der Waals surface area contributed by atoms with Gasteiger partial charge in [0.2, 0.25) is 10.4 Å². The lowest BCUT2D eigenvalue weighted by Crippen LogP contribution is -2.53. The molecule has 182 valence electrons. The van der Waals surface area contributed by atoms with E-state index in [-0.39, 0.29) is 12.6 Å². The predicted molar refractivity (Wildman–Crippen MR) is 122 cm³/mol. The maximum atomic E-state index is 10.2. The molecule has 0 aromatic carbocycles. The van der Waals surface area contributed by atoms with E-state index in [0.29, 0.717) is 4.48 Å². The highest BCUT2D eigenvalue weighted by molar-refractivity contribution is 7.80. The first-order valence-electron chi connectivity index (χ1n) is 11.3. The van der Waals surface area contributed by atoms with Crippen LogP contribution in [0.25, 0.3) is 0 Å². The smallest absolute Gasteiger partial charge is 0.217 e. The molecule has 0 saturated carbocycles. The van der Waals surface area contributed by atoms with Crippen LogP contribution in [0.2, 0.25) is 0 Å². The van der Waals surface area contributed by atoms with E-state index in [1.54, 1.807) is 0 Å². The van der Waals surface area contributed by atoms with E-state index in [2.05, 4.69) is 17.2 Å². The van der Waals surface area contributed by atoms with Crippen molar-refractivity contribution < 1.29 is 31.8 Å². The second-order valence-corrected chi connectivity index (χ2v) is 9.83. The first-order chi connectivity index (χ1) is 14.0. The second-order valence-electron chi connectivity index (χ2n) is 8.68. The van der Waals surface area contributed by atoms with Crippen molar-refractivity contribution in [3.8, 4) is 0 Å². The average molecular weight is 454 g/mol. The molecule has 0 aromatic heterocycles. The van der Waals surface area contributed by atoms with Crippen molar-refractivity contribution >= 4 is 10.4 Å². The molecule has 0 rings (SSSR count). The minimum atomic E-state index is -4.41. The molecule has 0 unspecified atom stereocenters. The van der Waals surface area contributed by atoms with Crippen LogP contribution < -0.4 is 0 Å². The van der Waals surface area contributed by atoms with E-state index in [1.807, 2.05) is 27.2 Å². The molecule has 2 N–H and O–H groups in total. The molecule has 8 heteroatoms. The van der Waals surface area contributed by atoms with Crippen LogP contribution in [0.15, 0.2) is 12.2 Å². The maximum Gasteiger partial charge on any atom is 0.217 e. The first kappa shape index (κ1) is 31.7. The number of allylic oxidation sites excluding steroid dienone is 1. The first-order valence-corrected chi connectivity index (χ1v) is 12.6. The Morgan fingerprint density at radius 2 is 1.33 bits per heavy atom. The minimum absolute atomic E-state index is 0.00739. The van der Waals surface area contributed by atoms with E-state index in [1.165, 1.54) is 70.6 Å². The lowest BCUT2D eigenvalue weighted by atomic mass is 10.0. The van der Waals surface area contributed by atoms with Crippen LogP contribution in [-0.4, -0.2) is 74.7 Å². The van der Waals surface area contributed by atoms with Crippen LogP contribution in [0, 0.1) is 0 Å². The Labute approximate surface area is 185 Å². The molecule has 0 aliphatic carbocycles. The quantitative estimate of drug-likeness (QED) is 0.114. The molecule has 0 spiro atoms. The van der Waals surface area contributed by atoms with Gasteiger partial charge in [0, 0.05) is 0 Å². The zero-order valence-corrected chi connectivity index (χ0v) is 20.7. The molecule has 0 aromatic rings. The van der Waals surface area contributed by atoms with Gasteiger partial charge in [-0.1, -0.05) is 83.3 Å². The van der Waals surface area contributed by atoms with Crippen molar-refractivity contribution in [1.82, 2.24) is 0 Å². The van der Waals surface area contributed by atoms with Gasteiger partial charge in [-0.15, -0.1) is 0 Å². The Hall–Kier alpha value is -0.510. The number of hydrogen-bond acceptors (Lipinski definition) is 6. The predicted octanol–water partition coefficient (Wildman–Crippen LogP) is 3.76. The van der Waals surface area contributed by atoms with Crippen molar-refractivity contribution in [3.05, 3.63) is 12.2 Å². The summed E-state index contributed by atoms with van der Waals surface area (Å²) in [5.41, 5.74) is 0. The zero-order valence-electron chi connectivity index (χ0n) is 19.9. The van der Waals surface area contributed by atoms with Gasteiger partial charge in [0.1, 0.15) is 12.1 Å². The summed E-state index contributed by atoms with van der Waals surface area (Å²) < 4.78 is 31.6. The third kappa shape index (κ3) is 22.2. The molecule has 0 saturated heterocycles. The van der Waals surface area contributed by atoms with Crippen LogP contribution in [-0.2, 0) is 14.6 Å². The summed E-state index contributed by atoms with van der Waals surface area (Å²) >= 11 is 0. The Bertz CT molecular complexity index is 502. The Morgan fingerprint density at radius 3 is 1.67 bits per heavy atom. The van der Waals surface area contributed by atoms with Crippen molar-refractivity contribution in [1.29, 1.82) is 0 Å². The standard InChI is InChI=1S/C21H44NO2.CH4O4S/c1-5-6-7-8-9-10-11-12-13-14-15-16-17-18-21(24)20(19-23)22(2,3)4;1-5-6(2,3)4/h17-18,20-21,23-24H,5-16,19H2,1-4H3;1H3,(H,2,3,4)/q+1;/p-1/b18-17+;/t20-,21+;/m0./s1. The Kier molecular flexibility index (Phi) is 20.3. The molecular weight excluding hydrogens is 406 g/mol. The van der Waals surface area contributed by atoms with Gasteiger partial charge >= 0.3 is 0 Å². The number of nitrogens with zero attached hydrogens (tertiary/aromatic N) is 1. The van der Waals surface area contributed by atoms with E-state index in [9.17, 15) is 23.2 Å². The van der Waals surface area contributed by atoms with E-state index in [0.717, 1.165) is 13.5 Å². The molecule has 0 aliphatic rings. The van der Waals surface area contributed by atoms with Crippen LogP contribution in [0.3, 0.4) is 0 Å². The summed E-state index contributed by atoms with van der Waals surface area (Å²) in [6.07, 6.45) is 19.4. The van der Waals surface area contributed by atoms with Gasteiger partial charge in [-0.05, 0) is 12.8 Å². The molecule has 2 atom stereocenters. The second kappa shape index (κ2) is 19.2. The topological polar surface area (TPSA) is 107 Å². The fraction of sp³-hybridized carbons (Fsp3) is 0.909. The number of unbranched alkanes of at least 4 members (excludes halogenated alkanes) is 11. The molecule has 7 nitrogen and oxygen atoms in total. The van der Waals surface area contributed by atoms with Gasteiger partial charge in [0.25, 0.3) is 0 Å². The monoisotopic (exact) mass is 453 g/mol.